The van der Waals surface area contributed by atoms with Gasteiger partial charge in [-0.1, -0.05) is 18.2 Å². The zero-order chi connectivity index (χ0) is 14.6. The minimum atomic E-state index is -1.09. The van der Waals surface area contributed by atoms with Gasteiger partial charge in [-0.25, -0.2) is 4.79 Å². The van der Waals surface area contributed by atoms with Gasteiger partial charge in [-0.15, -0.1) is 0 Å². The second-order valence-corrected chi connectivity index (χ2v) is 5.21. The summed E-state index contributed by atoms with van der Waals surface area (Å²) in [6.07, 6.45) is 0. The van der Waals surface area contributed by atoms with Gasteiger partial charge in [-0.3, -0.25) is 4.79 Å². The second kappa shape index (κ2) is 5.84. The lowest BCUT2D eigenvalue weighted by Gasteiger charge is -2.24. The molecule has 0 aliphatic carbocycles. The molecule has 0 fully saturated rings. The molecule has 0 bridgehead atoms. The molecule has 3 N–H and O–H groups in total. The Kier molecular flexibility index (Phi) is 4.67. The molecule has 1 unspecified atom stereocenters. The SMILES string of the molecule is CC(C)(C)OC(=O)C(CN)c1ccccc1C(=O)O. The summed E-state index contributed by atoms with van der Waals surface area (Å²) in [6, 6.07) is 6.32. The lowest BCUT2D eigenvalue weighted by molar-refractivity contribution is -0.156. The van der Waals surface area contributed by atoms with Crippen molar-refractivity contribution < 1.29 is 19.4 Å². The van der Waals surface area contributed by atoms with E-state index < -0.39 is 23.5 Å². The molecule has 5 nitrogen and oxygen atoms in total. The summed E-state index contributed by atoms with van der Waals surface area (Å²) in [4.78, 5) is 23.2. The van der Waals surface area contributed by atoms with E-state index in [1.54, 1.807) is 39.0 Å². The Balaban J connectivity index is 3.10. The van der Waals surface area contributed by atoms with Crippen molar-refractivity contribution in [1.29, 1.82) is 0 Å². The molecule has 0 aliphatic heterocycles. The summed E-state index contributed by atoms with van der Waals surface area (Å²) in [5.41, 5.74) is 5.42. The van der Waals surface area contributed by atoms with Crippen LogP contribution in [-0.2, 0) is 9.53 Å². The third-order valence-electron chi connectivity index (χ3n) is 2.49. The van der Waals surface area contributed by atoms with Crippen molar-refractivity contribution in [2.45, 2.75) is 32.3 Å². The molecule has 0 saturated heterocycles. The third kappa shape index (κ3) is 4.06. The number of carbonyl (C=O) groups excluding carboxylic acids is 1. The lowest BCUT2D eigenvalue weighted by Crippen LogP contribution is -2.32. The van der Waals surface area contributed by atoms with Gasteiger partial charge in [0, 0.05) is 6.54 Å². The number of nitrogens with two attached hydrogens (primary N) is 1. The number of carboxylic acids is 1. The molecule has 0 radical (unpaired) electrons. The molecular weight excluding hydrogens is 246 g/mol. The van der Waals surface area contributed by atoms with Crippen LogP contribution >= 0.6 is 0 Å². The molecule has 0 aromatic heterocycles. The first kappa shape index (κ1) is 15.2. The second-order valence-electron chi connectivity index (χ2n) is 5.21. The molecular formula is C14H19NO4. The van der Waals surface area contributed by atoms with E-state index >= 15 is 0 Å². The van der Waals surface area contributed by atoms with Crippen molar-refractivity contribution in [2.24, 2.45) is 5.73 Å². The normalized spacial score (nSPS) is 12.8. The molecule has 104 valence electrons. The average molecular weight is 265 g/mol. The molecule has 1 atom stereocenters. The molecule has 1 aromatic rings. The van der Waals surface area contributed by atoms with Crippen LogP contribution in [0.3, 0.4) is 0 Å². The van der Waals surface area contributed by atoms with E-state index in [0.29, 0.717) is 5.56 Å². The maximum atomic E-state index is 12.1. The van der Waals surface area contributed by atoms with Crippen LogP contribution in [0, 0.1) is 0 Å². The van der Waals surface area contributed by atoms with Crippen LogP contribution in [0.2, 0.25) is 0 Å². The number of benzene rings is 1. The Hall–Kier alpha value is -1.88. The Labute approximate surface area is 112 Å². The zero-order valence-corrected chi connectivity index (χ0v) is 11.3. The van der Waals surface area contributed by atoms with Gasteiger partial charge in [0.25, 0.3) is 0 Å². The van der Waals surface area contributed by atoms with Crippen LogP contribution in [-0.4, -0.2) is 29.2 Å². The molecule has 5 heteroatoms. The number of carboxylic acid groups (broad SMARTS) is 1. The van der Waals surface area contributed by atoms with E-state index in [-0.39, 0.29) is 12.1 Å². The highest BCUT2D eigenvalue weighted by molar-refractivity contribution is 5.92. The van der Waals surface area contributed by atoms with E-state index in [9.17, 15) is 9.59 Å². The van der Waals surface area contributed by atoms with Crippen molar-refractivity contribution in [3.05, 3.63) is 35.4 Å². The Morgan fingerprint density at radius 1 is 1.32 bits per heavy atom. The Morgan fingerprint density at radius 3 is 2.37 bits per heavy atom. The molecule has 1 rings (SSSR count). The van der Waals surface area contributed by atoms with Crippen LogP contribution in [0.15, 0.2) is 24.3 Å². The third-order valence-corrected chi connectivity index (χ3v) is 2.49. The average Bonchev–Trinajstić information content (AvgIpc) is 2.28. The van der Waals surface area contributed by atoms with Gasteiger partial charge >= 0.3 is 11.9 Å². The van der Waals surface area contributed by atoms with Crippen molar-refractivity contribution in [3.63, 3.8) is 0 Å². The van der Waals surface area contributed by atoms with E-state index in [0.717, 1.165) is 0 Å². The monoisotopic (exact) mass is 265 g/mol. The highest BCUT2D eigenvalue weighted by Gasteiger charge is 2.28. The fourth-order valence-corrected chi connectivity index (χ4v) is 1.72. The van der Waals surface area contributed by atoms with Crippen molar-refractivity contribution in [3.8, 4) is 0 Å². The summed E-state index contributed by atoms with van der Waals surface area (Å²) < 4.78 is 5.27. The number of aromatic carboxylic acids is 1. The van der Waals surface area contributed by atoms with Crippen LogP contribution in [0.1, 0.15) is 42.6 Å². The minimum Gasteiger partial charge on any atom is -0.478 e. The van der Waals surface area contributed by atoms with E-state index in [1.165, 1.54) is 6.07 Å². The fraction of sp³-hybridized carbons (Fsp3) is 0.429. The topological polar surface area (TPSA) is 89.6 Å². The van der Waals surface area contributed by atoms with Gasteiger partial charge in [0.05, 0.1) is 11.5 Å². The highest BCUT2D eigenvalue weighted by atomic mass is 16.6. The van der Waals surface area contributed by atoms with Gasteiger partial charge in [0.1, 0.15) is 5.60 Å². The zero-order valence-electron chi connectivity index (χ0n) is 11.3. The maximum Gasteiger partial charge on any atom is 0.335 e. The number of rotatable bonds is 4. The molecule has 1 aromatic carbocycles. The fourth-order valence-electron chi connectivity index (χ4n) is 1.72. The quantitative estimate of drug-likeness (QED) is 0.810. The summed E-state index contributed by atoms with van der Waals surface area (Å²) in [6.45, 7) is 5.25. The largest absolute Gasteiger partial charge is 0.478 e. The number of esters is 1. The van der Waals surface area contributed by atoms with Crippen molar-refractivity contribution in [1.82, 2.24) is 0 Å². The molecule has 0 aliphatic rings. The molecule has 0 amide bonds. The Bertz CT molecular complexity index is 477. The standard InChI is InChI=1S/C14H19NO4/c1-14(2,3)19-13(18)11(8-15)9-6-4-5-7-10(9)12(16)17/h4-7,11H,8,15H2,1-3H3,(H,16,17). The number of ether oxygens (including phenoxy) is 1. The van der Waals surface area contributed by atoms with E-state index in [2.05, 4.69) is 0 Å². The summed E-state index contributed by atoms with van der Waals surface area (Å²) >= 11 is 0. The minimum absolute atomic E-state index is 0.000787. The van der Waals surface area contributed by atoms with Gasteiger partial charge in [0.2, 0.25) is 0 Å². The van der Waals surface area contributed by atoms with Gasteiger partial charge in [0.15, 0.2) is 0 Å². The van der Waals surface area contributed by atoms with Crippen LogP contribution in [0.5, 0.6) is 0 Å². The van der Waals surface area contributed by atoms with E-state index in [4.69, 9.17) is 15.6 Å². The first-order valence-corrected chi connectivity index (χ1v) is 6.01. The van der Waals surface area contributed by atoms with Crippen molar-refractivity contribution in [2.75, 3.05) is 6.54 Å². The predicted octanol–water partition coefficient (Wildman–Crippen LogP) is 1.77. The lowest BCUT2D eigenvalue weighted by atomic mass is 9.94. The Morgan fingerprint density at radius 2 is 1.89 bits per heavy atom. The number of hydrogen-bond donors (Lipinski definition) is 2. The first-order chi connectivity index (χ1) is 8.76. The van der Waals surface area contributed by atoms with Crippen LogP contribution in [0.4, 0.5) is 0 Å². The summed E-state index contributed by atoms with van der Waals surface area (Å²) in [5.74, 6) is -2.37. The van der Waals surface area contributed by atoms with Gasteiger partial charge in [-0.2, -0.15) is 0 Å². The van der Waals surface area contributed by atoms with Crippen LogP contribution in [0.25, 0.3) is 0 Å². The number of carbonyl (C=O) groups is 2. The molecule has 0 heterocycles. The predicted molar refractivity (Wildman–Crippen MR) is 71.0 cm³/mol. The van der Waals surface area contributed by atoms with Gasteiger partial charge in [-0.05, 0) is 32.4 Å². The smallest absolute Gasteiger partial charge is 0.335 e. The van der Waals surface area contributed by atoms with Gasteiger partial charge < -0.3 is 15.6 Å². The van der Waals surface area contributed by atoms with Crippen LogP contribution < -0.4 is 5.73 Å². The summed E-state index contributed by atoms with van der Waals surface area (Å²) in [5, 5.41) is 9.13. The molecule has 19 heavy (non-hydrogen) atoms. The van der Waals surface area contributed by atoms with E-state index in [1.807, 2.05) is 0 Å². The summed E-state index contributed by atoms with van der Waals surface area (Å²) in [7, 11) is 0. The van der Waals surface area contributed by atoms with Crippen molar-refractivity contribution >= 4 is 11.9 Å². The maximum absolute atomic E-state index is 12.1. The molecule has 0 saturated carbocycles. The number of hydrogen-bond acceptors (Lipinski definition) is 4. The molecule has 0 spiro atoms. The first-order valence-electron chi connectivity index (χ1n) is 6.01. The highest BCUT2D eigenvalue weighted by Crippen LogP contribution is 2.23.